The normalized spacial score (nSPS) is 11.6. The summed E-state index contributed by atoms with van der Waals surface area (Å²) in [6.07, 6.45) is 3.31. The summed E-state index contributed by atoms with van der Waals surface area (Å²) in [5.41, 5.74) is 8.44. The smallest absolute Gasteiger partial charge is 0.252 e. The molecule has 2 aromatic carbocycles. The van der Waals surface area contributed by atoms with Crippen molar-refractivity contribution in [1.29, 1.82) is 0 Å². The van der Waals surface area contributed by atoms with E-state index in [1.807, 2.05) is 32.9 Å². The van der Waals surface area contributed by atoms with Gasteiger partial charge in [0.2, 0.25) is 5.91 Å². The highest BCUT2D eigenvalue weighted by Gasteiger charge is 2.16. The number of para-hydroxylation sites is 1. The molecule has 0 fully saturated rings. The van der Waals surface area contributed by atoms with Gasteiger partial charge in [-0.25, -0.2) is 0 Å². The Kier molecular flexibility index (Phi) is 6.15. The van der Waals surface area contributed by atoms with Crippen molar-refractivity contribution in [3.8, 4) is 5.75 Å². The fourth-order valence-corrected chi connectivity index (χ4v) is 3.61. The van der Waals surface area contributed by atoms with E-state index in [-0.39, 0.29) is 22.6 Å². The molecule has 4 N–H and O–H groups in total. The number of hydrogen-bond donors (Lipinski definition) is 3. The second kappa shape index (κ2) is 8.61. The Morgan fingerprint density at radius 1 is 1.13 bits per heavy atom. The maximum atomic E-state index is 12.1. The van der Waals surface area contributed by atoms with Crippen molar-refractivity contribution in [3.05, 3.63) is 65.4 Å². The topological polar surface area (TPSA) is 97.4 Å². The van der Waals surface area contributed by atoms with Crippen LogP contribution in [0.4, 0.5) is 0 Å². The number of amides is 2. The molecule has 0 aliphatic carbocycles. The molecule has 0 aliphatic rings. The van der Waals surface area contributed by atoms with Gasteiger partial charge in [-0.15, -0.1) is 0 Å². The van der Waals surface area contributed by atoms with E-state index in [1.165, 1.54) is 0 Å². The minimum Gasteiger partial charge on any atom is -0.507 e. The van der Waals surface area contributed by atoms with Crippen LogP contribution in [0.5, 0.6) is 5.75 Å². The first-order valence-corrected chi connectivity index (χ1v) is 10.1. The van der Waals surface area contributed by atoms with Crippen LogP contribution in [0.1, 0.15) is 48.7 Å². The third-order valence-electron chi connectivity index (χ3n) is 4.96. The van der Waals surface area contributed by atoms with Crippen molar-refractivity contribution in [2.45, 2.75) is 40.2 Å². The molecule has 6 heteroatoms. The lowest BCUT2D eigenvalue weighted by Crippen LogP contribution is -2.29. The fraction of sp³-hybridized carbons (Fsp3) is 0.333. The van der Waals surface area contributed by atoms with Crippen LogP contribution in [0.25, 0.3) is 10.9 Å². The molecule has 3 rings (SSSR count). The Bertz CT molecular complexity index is 1080. The van der Waals surface area contributed by atoms with Crippen LogP contribution in [-0.4, -0.2) is 28.0 Å². The van der Waals surface area contributed by atoms with Gasteiger partial charge in [-0.2, -0.15) is 0 Å². The van der Waals surface area contributed by atoms with E-state index < -0.39 is 5.91 Å². The quantitative estimate of drug-likeness (QED) is 0.558. The third kappa shape index (κ3) is 5.20. The molecule has 0 spiro atoms. The minimum absolute atomic E-state index is 0.0320. The first-order valence-electron chi connectivity index (χ1n) is 10.1. The zero-order valence-corrected chi connectivity index (χ0v) is 17.7. The van der Waals surface area contributed by atoms with Gasteiger partial charge in [-0.05, 0) is 41.2 Å². The highest BCUT2D eigenvalue weighted by atomic mass is 16.3. The van der Waals surface area contributed by atoms with Crippen molar-refractivity contribution < 1.29 is 14.7 Å². The number of nitrogens with one attached hydrogen (secondary N) is 1. The number of nitrogens with zero attached hydrogens (tertiary/aromatic N) is 1. The van der Waals surface area contributed by atoms with E-state index in [4.69, 9.17) is 5.73 Å². The Morgan fingerprint density at radius 2 is 1.87 bits per heavy atom. The number of aromatic hydroxyl groups is 1. The molecule has 30 heavy (non-hydrogen) atoms. The molecule has 1 heterocycles. The molecule has 0 unspecified atom stereocenters. The molecule has 3 aromatic rings. The maximum Gasteiger partial charge on any atom is 0.252 e. The molecule has 0 atom stereocenters. The van der Waals surface area contributed by atoms with Crippen LogP contribution in [-0.2, 0) is 17.8 Å². The van der Waals surface area contributed by atoms with Gasteiger partial charge in [0.05, 0.1) is 5.56 Å². The average Bonchev–Trinajstić information content (AvgIpc) is 2.98. The largest absolute Gasteiger partial charge is 0.507 e. The van der Waals surface area contributed by atoms with Gasteiger partial charge in [-0.1, -0.05) is 45.0 Å². The number of benzene rings is 2. The molecule has 0 bridgehead atoms. The Morgan fingerprint density at radius 3 is 2.53 bits per heavy atom. The van der Waals surface area contributed by atoms with Crippen LogP contribution < -0.4 is 11.1 Å². The molecule has 6 nitrogen and oxygen atoms in total. The van der Waals surface area contributed by atoms with Crippen LogP contribution in [0.2, 0.25) is 0 Å². The van der Waals surface area contributed by atoms with E-state index in [0.717, 1.165) is 28.5 Å². The van der Waals surface area contributed by atoms with Crippen LogP contribution in [0.15, 0.2) is 48.7 Å². The highest BCUT2D eigenvalue weighted by Crippen LogP contribution is 2.25. The lowest BCUT2D eigenvalue weighted by molar-refractivity contribution is -0.122. The summed E-state index contributed by atoms with van der Waals surface area (Å²) in [6, 6.07) is 13.0. The molecule has 0 saturated heterocycles. The van der Waals surface area contributed by atoms with E-state index in [2.05, 4.69) is 28.2 Å². The highest BCUT2D eigenvalue weighted by molar-refractivity contribution is 5.95. The molecule has 158 valence electrons. The summed E-state index contributed by atoms with van der Waals surface area (Å²) in [4.78, 5) is 23.4. The van der Waals surface area contributed by atoms with E-state index in [9.17, 15) is 14.7 Å². The van der Waals surface area contributed by atoms with E-state index >= 15 is 0 Å². The second-order valence-corrected chi connectivity index (χ2v) is 8.85. The molecular weight excluding hydrogens is 378 g/mol. The first kappa shape index (κ1) is 21.4. The maximum absolute atomic E-state index is 12.1. The lowest BCUT2D eigenvalue weighted by atomic mass is 9.92. The van der Waals surface area contributed by atoms with Gasteiger partial charge in [0, 0.05) is 36.6 Å². The number of nitrogens with two attached hydrogens (primary N) is 1. The van der Waals surface area contributed by atoms with Crippen LogP contribution >= 0.6 is 0 Å². The van der Waals surface area contributed by atoms with Gasteiger partial charge in [0.15, 0.2) is 0 Å². The van der Waals surface area contributed by atoms with Gasteiger partial charge in [0.25, 0.3) is 5.91 Å². The monoisotopic (exact) mass is 407 g/mol. The van der Waals surface area contributed by atoms with Crippen molar-refractivity contribution in [2.75, 3.05) is 6.54 Å². The number of carbonyl (C=O) groups is 2. The molecule has 2 amide bonds. The van der Waals surface area contributed by atoms with Crippen molar-refractivity contribution in [3.63, 3.8) is 0 Å². The van der Waals surface area contributed by atoms with Gasteiger partial charge < -0.3 is 20.7 Å². The zero-order valence-electron chi connectivity index (χ0n) is 17.7. The van der Waals surface area contributed by atoms with Crippen molar-refractivity contribution in [2.24, 2.45) is 11.1 Å². The predicted octanol–water partition coefficient (Wildman–Crippen LogP) is 3.59. The predicted molar refractivity (Wildman–Crippen MR) is 118 cm³/mol. The van der Waals surface area contributed by atoms with Crippen LogP contribution in [0, 0.1) is 5.41 Å². The SMILES string of the molecule is CC(C)(C)CC(=O)NCCc1cn(Cc2ccc(C(N)=O)c(O)c2)c2ccccc12. The summed E-state index contributed by atoms with van der Waals surface area (Å²) >= 11 is 0. The molecule has 0 aliphatic heterocycles. The summed E-state index contributed by atoms with van der Waals surface area (Å²) in [5.74, 6) is -0.698. The number of primary amides is 1. The zero-order chi connectivity index (χ0) is 21.9. The Labute approximate surface area is 176 Å². The number of phenols is 1. The summed E-state index contributed by atoms with van der Waals surface area (Å²) in [7, 11) is 0. The summed E-state index contributed by atoms with van der Waals surface area (Å²) < 4.78 is 2.11. The molecule has 1 aromatic heterocycles. The van der Waals surface area contributed by atoms with Gasteiger partial charge in [-0.3, -0.25) is 9.59 Å². The van der Waals surface area contributed by atoms with Gasteiger partial charge in [0.1, 0.15) is 5.75 Å². The minimum atomic E-state index is -0.652. The molecule has 0 saturated carbocycles. The van der Waals surface area contributed by atoms with Gasteiger partial charge >= 0.3 is 0 Å². The Hall–Kier alpha value is -3.28. The Balaban J connectivity index is 1.76. The third-order valence-corrected chi connectivity index (χ3v) is 4.96. The average molecular weight is 408 g/mol. The fourth-order valence-electron chi connectivity index (χ4n) is 3.61. The lowest BCUT2D eigenvalue weighted by Gasteiger charge is -2.17. The number of rotatable bonds is 7. The second-order valence-electron chi connectivity index (χ2n) is 8.85. The molecule has 0 radical (unpaired) electrons. The number of aromatic nitrogens is 1. The van der Waals surface area contributed by atoms with Crippen molar-refractivity contribution in [1.82, 2.24) is 9.88 Å². The molecular formula is C24H29N3O3. The number of hydrogen-bond acceptors (Lipinski definition) is 3. The van der Waals surface area contributed by atoms with Crippen LogP contribution in [0.3, 0.4) is 0 Å². The van der Waals surface area contributed by atoms with Crippen molar-refractivity contribution >= 4 is 22.7 Å². The standard InChI is InChI=1S/C24H29N3O3/c1-24(2,3)13-22(29)26-11-10-17-15-27(20-7-5-4-6-18(17)20)14-16-8-9-19(23(25)30)21(28)12-16/h4-9,12,15,28H,10-11,13-14H2,1-3H3,(H2,25,30)(H,26,29). The summed E-state index contributed by atoms with van der Waals surface area (Å²) in [6.45, 7) is 7.27. The number of carbonyl (C=O) groups excluding carboxylic acids is 2. The van der Waals surface area contributed by atoms with E-state index in [0.29, 0.717) is 19.5 Å². The summed E-state index contributed by atoms with van der Waals surface area (Å²) in [5, 5.41) is 14.2. The van der Waals surface area contributed by atoms with E-state index in [1.54, 1.807) is 18.2 Å². The number of fused-ring (bicyclic) bond motifs is 1. The first-order chi connectivity index (χ1) is 14.1.